The van der Waals surface area contributed by atoms with Crippen molar-refractivity contribution in [3.05, 3.63) is 99.5 Å². The van der Waals surface area contributed by atoms with Gasteiger partial charge >= 0.3 is 0 Å². The molecule has 2 heterocycles. The van der Waals surface area contributed by atoms with E-state index in [0.29, 0.717) is 26.2 Å². The molecule has 3 aromatic rings. The molecular formula is C22H21F2N4O2+. The van der Waals surface area contributed by atoms with Crippen LogP contribution >= 0.6 is 0 Å². The number of hydrogen-bond acceptors (Lipinski definition) is 3. The number of hydrogen-bond donors (Lipinski definition) is 2. The van der Waals surface area contributed by atoms with Crippen LogP contribution in [0.1, 0.15) is 27.7 Å². The quantitative estimate of drug-likeness (QED) is 0.678. The smallest absolute Gasteiger partial charge is 0.274 e. The van der Waals surface area contributed by atoms with Crippen molar-refractivity contribution < 1.29 is 18.5 Å². The number of benzene rings is 2. The van der Waals surface area contributed by atoms with Crippen molar-refractivity contribution in [3.63, 3.8) is 0 Å². The highest BCUT2D eigenvalue weighted by molar-refractivity contribution is 5.92. The standard InChI is InChI=1S/C22H20F2N4O2/c23-17-5-1-15(2-6-17)21(16-3-7-18(24)8-4-16)27-11-13-28(14-12-27)22(30)19-9-10-20(29)26-25-19/h1-10,21H,11-14H2,(H,26,29)/p+1. The molecule has 1 fully saturated rings. The van der Waals surface area contributed by atoms with E-state index in [0.717, 1.165) is 11.1 Å². The Morgan fingerprint density at radius 1 is 0.900 bits per heavy atom. The number of nitrogens with zero attached hydrogens (tertiary/aromatic N) is 2. The lowest BCUT2D eigenvalue weighted by Crippen LogP contribution is -3.15. The number of carbonyl (C=O) groups is 1. The van der Waals surface area contributed by atoms with Crippen molar-refractivity contribution in [1.82, 2.24) is 15.1 Å². The number of aromatic amines is 1. The number of nitrogens with one attached hydrogen (secondary N) is 2. The Balaban J connectivity index is 1.53. The first-order chi connectivity index (χ1) is 14.5. The average molecular weight is 411 g/mol. The van der Waals surface area contributed by atoms with E-state index in [1.165, 1.54) is 41.3 Å². The highest BCUT2D eigenvalue weighted by atomic mass is 19.1. The van der Waals surface area contributed by atoms with Crippen LogP contribution in [0.4, 0.5) is 8.78 Å². The van der Waals surface area contributed by atoms with Crippen LogP contribution in [-0.4, -0.2) is 47.2 Å². The van der Waals surface area contributed by atoms with E-state index in [4.69, 9.17) is 0 Å². The predicted octanol–water partition coefficient (Wildman–Crippen LogP) is 1.18. The van der Waals surface area contributed by atoms with Crippen molar-refractivity contribution in [2.45, 2.75) is 6.04 Å². The maximum Gasteiger partial charge on any atom is 0.274 e. The molecule has 1 aliphatic heterocycles. The first kappa shape index (κ1) is 19.9. The highest BCUT2D eigenvalue weighted by Gasteiger charge is 2.32. The molecule has 1 amide bonds. The van der Waals surface area contributed by atoms with Crippen LogP contribution in [0.25, 0.3) is 0 Å². The van der Waals surface area contributed by atoms with Gasteiger partial charge in [0.1, 0.15) is 23.4 Å². The summed E-state index contributed by atoms with van der Waals surface area (Å²) in [6, 6.07) is 15.3. The van der Waals surface area contributed by atoms with E-state index in [1.807, 2.05) is 0 Å². The van der Waals surface area contributed by atoms with Gasteiger partial charge in [-0.1, -0.05) is 0 Å². The Kier molecular flexibility index (Phi) is 5.67. The zero-order chi connectivity index (χ0) is 21.1. The molecule has 2 N–H and O–H groups in total. The highest BCUT2D eigenvalue weighted by Crippen LogP contribution is 2.21. The molecule has 8 heteroatoms. The Hall–Kier alpha value is -3.39. The van der Waals surface area contributed by atoms with E-state index in [2.05, 4.69) is 10.2 Å². The van der Waals surface area contributed by atoms with Gasteiger partial charge in [-0.3, -0.25) is 9.59 Å². The van der Waals surface area contributed by atoms with E-state index in [1.54, 1.807) is 29.2 Å². The third-order valence-electron chi connectivity index (χ3n) is 5.41. The zero-order valence-electron chi connectivity index (χ0n) is 16.1. The minimum atomic E-state index is -0.359. The molecule has 0 radical (unpaired) electrons. The van der Waals surface area contributed by atoms with Crippen LogP contribution in [0.2, 0.25) is 0 Å². The molecule has 0 saturated carbocycles. The second-order valence-electron chi connectivity index (χ2n) is 7.29. The summed E-state index contributed by atoms with van der Waals surface area (Å²) in [5.74, 6) is -0.851. The molecule has 30 heavy (non-hydrogen) atoms. The second-order valence-corrected chi connectivity index (χ2v) is 7.29. The fraction of sp³-hybridized carbons (Fsp3) is 0.227. The Labute approximate surface area is 171 Å². The van der Waals surface area contributed by atoms with Crippen LogP contribution in [0.3, 0.4) is 0 Å². The minimum absolute atomic E-state index is 0.102. The summed E-state index contributed by atoms with van der Waals surface area (Å²) >= 11 is 0. The van der Waals surface area contributed by atoms with E-state index >= 15 is 0 Å². The molecule has 0 atom stereocenters. The summed E-state index contributed by atoms with van der Waals surface area (Å²) in [4.78, 5) is 26.7. The zero-order valence-corrected chi connectivity index (χ0v) is 16.1. The number of carbonyl (C=O) groups excluding carboxylic acids is 1. The van der Waals surface area contributed by atoms with Gasteiger partial charge in [0.2, 0.25) is 0 Å². The molecule has 0 bridgehead atoms. The van der Waals surface area contributed by atoms with Gasteiger partial charge in [-0.05, 0) is 54.6 Å². The number of quaternary nitrogens is 1. The van der Waals surface area contributed by atoms with Gasteiger partial charge in [-0.25, -0.2) is 13.9 Å². The van der Waals surface area contributed by atoms with Crippen LogP contribution in [0.5, 0.6) is 0 Å². The third kappa shape index (κ3) is 4.28. The van der Waals surface area contributed by atoms with Gasteiger partial charge in [0.25, 0.3) is 11.5 Å². The van der Waals surface area contributed by atoms with Crippen LogP contribution in [0, 0.1) is 11.6 Å². The average Bonchev–Trinajstić information content (AvgIpc) is 2.77. The molecule has 4 rings (SSSR count). The number of halogens is 2. The number of piperazine rings is 1. The van der Waals surface area contributed by atoms with Gasteiger partial charge in [0.15, 0.2) is 0 Å². The van der Waals surface area contributed by atoms with E-state index in [-0.39, 0.29) is 34.8 Å². The summed E-state index contributed by atoms with van der Waals surface area (Å²) < 4.78 is 26.9. The van der Waals surface area contributed by atoms with Crippen molar-refractivity contribution >= 4 is 5.91 Å². The normalized spacial score (nSPS) is 14.8. The maximum atomic E-state index is 13.4. The molecule has 2 aromatic carbocycles. The fourth-order valence-electron chi connectivity index (χ4n) is 3.89. The lowest BCUT2D eigenvalue weighted by Gasteiger charge is -2.36. The molecule has 0 aliphatic carbocycles. The molecule has 154 valence electrons. The predicted molar refractivity (Wildman–Crippen MR) is 106 cm³/mol. The maximum absolute atomic E-state index is 13.4. The van der Waals surface area contributed by atoms with Crippen molar-refractivity contribution in [2.75, 3.05) is 26.2 Å². The minimum Gasteiger partial charge on any atom is -0.326 e. The summed E-state index contributed by atoms with van der Waals surface area (Å²) in [7, 11) is 0. The van der Waals surface area contributed by atoms with Gasteiger partial charge in [-0.2, -0.15) is 5.10 Å². The molecule has 6 nitrogen and oxygen atoms in total. The van der Waals surface area contributed by atoms with Gasteiger partial charge in [0.05, 0.1) is 26.2 Å². The molecule has 1 saturated heterocycles. The summed E-state index contributed by atoms with van der Waals surface area (Å²) in [6.07, 6.45) is 0. The lowest BCUT2D eigenvalue weighted by molar-refractivity contribution is -0.929. The largest absolute Gasteiger partial charge is 0.326 e. The monoisotopic (exact) mass is 411 g/mol. The summed E-state index contributed by atoms with van der Waals surface area (Å²) in [5.41, 5.74) is 1.70. The molecular weight excluding hydrogens is 390 g/mol. The van der Waals surface area contributed by atoms with Crippen molar-refractivity contribution in [3.8, 4) is 0 Å². The van der Waals surface area contributed by atoms with Crippen molar-refractivity contribution in [1.29, 1.82) is 0 Å². The van der Waals surface area contributed by atoms with E-state index in [9.17, 15) is 18.4 Å². The molecule has 0 unspecified atom stereocenters. The Morgan fingerprint density at radius 2 is 1.43 bits per heavy atom. The number of H-pyrrole nitrogens is 1. The first-order valence-corrected chi connectivity index (χ1v) is 9.72. The van der Waals surface area contributed by atoms with Gasteiger partial charge in [-0.15, -0.1) is 0 Å². The first-order valence-electron chi connectivity index (χ1n) is 9.72. The fourth-order valence-corrected chi connectivity index (χ4v) is 3.89. The van der Waals surface area contributed by atoms with Gasteiger partial charge in [0, 0.05) is 17.2 Å². The molecule has 1 aromatic heterocycles. The second kappa shape index (κ2) is 8.54. The third-order valence-corrected chi connectivity index (χ3v) is 5.41. The van der Waals surface area contributed by atoms with E-state index < -0.39 is 0 Å². The topological polar surface area (TPSA) is 70.5 Å². The van der Waals surface area contributed by atoms with Crippen molar-refractivity contribution in [2.24, 2.45) is 0 Å². The Morgan fingerprint density at radius 3 is 1.90 bits per heavy atom. The summed E-state index contributed by atoms with van der Waals surface area (Å²) in [5, 5.41) is 6.09. The number of aromatic nitrogens is 2. The molecule has 1 aliphatic rings. The van der Waals surface area contributed by atoms with Gasteiger partial charge < -0.3 is 9.80 Å². The summed E-state index contributed by atoms with van der Waals surface area (Å²) in [6.45, 7) is 2.34. The van der Waals surface area contributed by atoms with Crippen LogP contribution < -0.4 is 10.5 Å². The number of rotatable bonds is 4. The number of amides is 1. The van der Waals surface area contributed by atoms with Crippen LogP contribution in [-0.2, 0) is 0 Å². The molecule has 0 spiro atoms. The van der Waals surface area contributed by atoms with Crippen LogP contribution in [0.15, 0.2) is 65.5 Å². The Bertz CT molecular complexity index is 1010. The lowest BCUT2D eigenvalue weighted by atomic mass is 9.96. The SMILES string of the molecule is O=C(c1ccc(=O)[nH]n1)N1CC[NH+](C(c2ccc(F)cc2)c2ccc(F)cc2)CC1.